The summed E-state index contributed by atoms with van der Waals surface area (Å²) in [6, 6.07) is 0.453. The van der Waals surface area contributed by atoms with E-state index in [0.717, 1.165) is 45.8 Å². The van der Waals surface area contributed by atoms with Crippen LogP contribution < -0.4 is 10.6 Å². The first-order chi connectivity index (χ1) is 9.99. The molecule has 2 rings (SSSR count). The van der Waals surface area contributed by atoms with Crippen molar-refractivity contribution in [1.82, 2.24) is 20.4 Å². The van der Waals surface area contributed by atoms with Gasteiger partial charge in [-0.05, 0) is 32.0 Å². The zero-order valence-electron chi connectivity index (χ0n) is 14.1. The third-order valence-corrected chi connectivity index (χ3v) is 5.20. The van der Waals surface area contributed by atoms with Gasteiger partial charge in [-0.15, -0.1) is 0 Å². The van der Waals surface area contributed by atoms with Crippen LogP contribution in [0.15, 0.2) is 0 Å². The normalized spacial score (nSPS) is 24.6. The number of hydrogen-bond donors (Lipinski definition) is 2. The van der Waals surface area contributed by atoms with Crippen molar-refractivity contribution in [3.05, 3.63) is 0 Å². The molecule has 2 aliphatic heterocycles. The lowest BCUT2D eigenvalue weighted by atomic mass is 9.88. The molecule has 5 nitrogen and oxygen atoms in total. The van der Waals surface area contributed by atoms with Gasteiger partial charge in [-0.25, -0.2) is 0 Å². The van der Waals surface area contributed by atoms with Crippen LogP contribution in [0, 0.1) is 17.8 Å². The summed E-state index contributed by atoms with van der Waals surface area (Å²) in [4.78, 5) is 17.2. The van der Waals surface area contributed by atoms with Crippen molar-refractivity contribution in [3.63, 3.8) is 0 Å². The van der Waals surface area contributed by atoms with Crippen molar-refractivity contribution in [3.8, 4) is 0 Å². The van der Waals surface area contributed by atoms with E-state index in [1.807, 2.05) is 0 Å². The second kappa shape index (κ2) is 7.56. The quantitative estimate of drug-likeness (QED) is 0.737. The van der Waals surface area contributed by atoms with Crippen LogP contribution in [0.2, 0.25) is 0 Å². The molecular weight excluding hydrogens is 264 g/mol. The molecule has 0 aromatic carbocycles. The Labute approximate surface area is 129 Å². The van der Waals surface area contributed by atoms with Crippen molar-refractivity contribution < 1.29 is 4.79 Å². The largest absolute Gasteiger partial charge is 0.354 e. The maximum atomic E-state index is 12.3. The minimum Gasteiger partial charge on any atom is -0.354 e. The summed E-state index contributed by atoms with van der Waals surface area (Å²) in [5.74, 6) is 1.44. The number of nitrogens with one attached hydrogen (secondary N) is 2. The molecule has 2 atom stereocenters. The van der Waals surface area contributed by atoms with Gasteiger partial charge in [-0.3, -0.25) is 9.69 Å². The van der Waals surface area contributed by atoms with E-state index in [0.29, 0.717) is 17.9 Å². The summed E-state index contributed by atoms with van der Waals surface area (Å²) in [7, 11) is 2.18. The highest BCUT2D eigenvalue weighted by Crippen LogP contribution is 2.17. The number of carbonyl (C=O) groups is 1. The van der Waals surface area contributed by atoms with E-state index in [-0.39, 0.29) is 11.8 Å². The Morgan fingerprint density at radius 2 is 1.81 bits per heavy atom. The molecule has 2 saturated heterocycles. The highest BCUT2D eigenvalue weighted by molar-refractivity contribution is 5.78. The Balaban J connectivity index is 1.80. The maximum absolute atomic E-state index is 12.3. The van der Waals surface area contributed by atoms with Crippen LogP contribution in [0.25, 0.3) is 0 Å². The summed E-state index contributed by atoms with van der Waals surface area (Å²) in [6.07, 6.45) is 0. The van der Waals surface area contributed by atoms with Crippen molar-refractivity contribution >= 4 is 5.91 Å². The van der Waals surface area contributed by atoms with E-state index in [4.69, 9.17) is 0 Å². The second-order valence-electron chi connectivity index (χ2n) is 7.10. The average Bonchev–Trinajstić information content (AvgIpc) is 2.38. The van der Waals surface area contributed by atoms with Gasteiger partial charge in [0.15, 0.2) is 0 Å². The summed E-state index contributed by atoms with van der Waals surface area (Å²) in [6.45, 7) is 13.8. The number of hydrogen-bond acceptors (Lipinski definition) is 4. The molecular formula is C16H32N4O. The van der Waals surface area contributed by atoms with Gasteiger partial charge < -0.3 is 15.5 Å². The van der Waals surface area contributed by atoms with Crippen LogP contribution in [0.3, 0.4) is 0 Å². The Bertz CT molecular complexity index is 335. The van der Waals surface area contributed by atoms with E-state index in [9.17, 15) is 4.79 Å². The van der Waals surface area contributed by atoms with Crippen LogP contribution in [-0.2, 0) is 4.79 Å². The van der Waals surface area contributed by atoms with Gasteiger partial charge in [0.1, 0.15) is 0 Å². The molecule has 0 aromatic heterocycles. The van der Waals surface area contributed by atoms with Crippen LogP contribution in [0.4, 0.5) is 0 Å². The highest BCUT2D eigenvalue weighted by atomic mass is 16.1. The van der Waals surface area contributed by atoms with Gasteiger partial charge >= 0.3 is 0 Å². The number of piperazine rings is 1. The summed E-state index contributed by atoms with van der Waals surface area (Å²) >= 11 is 0. The molecule has 21 heavy (non-hydrogen) atoms. The number of carbonyl (C=O) groups excluding carboxylic acids is 1. The van der Waals surface area contributed by atoms with Crippen molar-refractivity contribution in [2.75, 3.05) is 52.9 Å². The van der Waals surface area contributed by atoms with Crippen LogP contribution >= 0.6 is 0 Å². The predicted octanol–water partition coefficient (Wildman–Crippen LogP) is 0.230. The van der Waals surface area contributed by atoms with Crippen molar-refractivity contribution in [2.24, 2.45) is 17.8 Å². The van der Waals surface area contributed by atoms with E-state index < -0.39 is 0 Å². The Kier molecular flexibility index (Phi) is 6.02. The van der Waals surface area contributed by atoms with E-state index in [2.05, 4.69) is 48.3 Å². The number of likely N-dealkylation sites (N-methyl/N-ethyl adjacent to an activating group) is 1. The summed E-state index contributed by atoms with van der Waals surface area (Å²) in [5.41, 5.74) is 0. The topological polar surface area (TPSA) is 47.6 Å². The standard InChI is InChI=1S/C16H32N4O/c1-12(2)15(20-7-5-19(4)6-8-20)11-18-16(21)13(3)14-9-17-10-14/h12-15,17H,5-11H2,1-4H3,(H,18,21). The first kappa shape index (κ1) is 16.7. The van der Waals surface area contributed by atoms with Crippen LogP contribution in [0.1, 0.15) is 20.8 Å². The first-order valence-electron chi connectivity index (χ1n) is 8.40. The zero-order valence-corrected chi connectivity index (χ0v) is 14.1. The highest BCUT2D eigenvalue weighted by Gasteiger charge is 2.30. The molecule has 0 saturated carbocycles. The monoisotopic (exact) mass is 296 g/mol. The molecule has 0 bridgehead atoms. The SMILES string of the molecule is CC(C)C(CNC(=O)C(C)C1CNC1)N1CCN(C)CC1. The lowest BCUT2D eigenvalue weighted by molar-refractivity contribution is -0.127. The molecule has 1 amide bonds. The molecule has 2 N–H and O–H groups in total. The van der Waals surface area contributed by atoms with Gasteiger partial charge in [0.25, 0.3) is 0 Å². The summed E-state index contributed by atoms with van der Waals surface area (Å²) in [5, 5.41) is 6.44. The van der Waals surface area contributed by atoms with Crippen molar-refractivity contribution in [2.45, 2.75) is 26.8 Å². The molecule has 122 valence electrons. The minimum atomic E-state index is 0.131. The molecule has 0 aliphatic carbocycles. The first-order valence-corrected chi connectivity index (χ1v) is 8.40. The Morgan fingerprint density at radius 3 is 2.29 bits per heavy atom. The van der Waals surface area contributed by atoms with Crippen LogP contribution in [0.5, 0.6) is 0 Å². The van der Waals surface area contributed by atoms with Gasteiger partial charge in [0.05, 0.1) is 0 Å². The lowest BCUT2D eigenvalue weighted by Crippen LogP contribution is -2.55. The molecule has 2 unspecified atom stereocenters. The fraction of sp³-hybridized carbons (Fsp3) is 0.938. The molecule has 2 aliphatic rings. The zero-order chi connectivity index (χ0) is 15.4. The fourth-order valence-electron chi connectivity index (χ4n) is 3.18. The fourth-order valence-corrected chi connectivity index (χ4v) is 3.18. The molecule has 0 spiro atoms. The predicted molar refractivity (Wildman–Crippen MR) is 86.2 cm³/mol. The third kappa shape index (κ3) is 4.41. The van der Waals surface area contributed by atoms with Gasteiger partial charge in [0, 0.05) is 44.7 Å². The van der Waals surface area contributed by atoms with Crippen LogP contribution in [-0.4, -0.2) is 74.6 Å². The number of rotatable bonds is 6. The minimum absolute atomic E-state index is 0.131. The number of amides is 1. The van der Waals surface area contributed by atoms with E-state index in [1.165, 1.54) is 0 Å². The van der Waals surface area contributed by atoms with E-state index in [1.54, 1.807) is 0 Å². The maximum Gasteiger partial charge on any atom is 0.223 e. The second-order valence-corrected chi connectivity index (χ2v) is 7.10. The van der Waals surface area contributed by atoms with Gasteiger partial charge in [-0.1, -0.05) is 20.8 Å². The smallest absolute Gasteiger partial charge is 0.223 e. The molecule has 2 fully saturated rings. The lowest BCUT2D eigenvalue weighted by Gasteiger charge is -2.40. The van der Waals surface area contributed by atoms with Gasteiger partial charge in [-0.2, -0.15) is 0 Å². The molecule has 0 aromatic rings. The third-order valence-electron chi connectivity index (χ3n) is 5.20. The Morgan fingerprint density at radius 1 is 1.19 bits per heavy atom. The molecule has 0 radical (unpaired) electrons. The molecule has 5 heteroatoms. The van der Waals surface area contributed by atoms with Crippen molar-refractivity contribution in [1.29, 1.82) is 0 Å². The summed E-state index contributed by atoms with van der Waals surface area (Å²) < 4.78 is 0. The molecule has 2 heterocycles. The van der Waals surface area contributed by atoms with E-state index >= 15 is 0 Å². The van der Waals surface area contributed by atoms with Gasteiger partial charge in [0.2, 0.25) is 5.91 Å². The number of nitrogens with zero attached hydrogens (tertiary/aromatic N) is 2. The average molecular weight is 296 g/mol. The Hall–Kier alpha value is -0.650.